The van der Waals surface area contributed by atoms with Crippen molar-refractivity contribution in [3.05, 3.63) is 101 Å². The smallest absolute Gasteiger partial charge is 0.243 e. The van der Waals surface area contributed by atoms with Crippen LogP contribution in [0, 0.1) is 0 Å². The van der Waals surface area contributed by atoms with E-state index < -0.39 is 18.1 Å². The number of aromatic nitrogens is 1. The lowest BCUT2D eigenvalue weighted by atomic mass is 10.00. The summed E-state index contributed by atoms with van der Waals surface area (Å²) in [7, 11) is 1.76. The minimum Gasteiger partial charge on any atom is -0.344 e. The van der Waals surface area contributed by atoms with Crippen molar-refractivity contribution in [3.63, 3.8) is 0 Å². The zero-order valence-corrected chi connectivity index (χ0v) is 24.2. The first-order chi connectivity index (χ1) is 20.5. The average Bonchev–Trinajstić information content (AvgIpc) is 3.68. The number of ketones is 1. The van der Waals surface area contributed by atoms with Crippen LogP contribution in [0.25, 0.3) is 10.2 Å². The number of Topliss-reactive ketones (excluding diaryl/α,β-unsaturated/α-hetero) is 1. The second kappa shape index (κ2) is 13.5. The molecule has 0 aliphatic carbocycles. The Kier molecular flexibility index (Phi) is 9.35. The van der Waals surface area contributed by atoms with Gasteiger partial charge in [-0.05, 0) is 55.1 Å². The van der Waals surface area contributed by atoms with E-state index in [4.69, 9.17) is 5.84 Å². The third-order valence-electron chi connectivity index (χ3n) is 7.52. The maximum absolute atomic E-state index is 13.8. The number of amides is 2. The van der Waals surface area contributed by atoms with Gasteiger partial charge in [0, 0.05) is 13.0 Å². The monoisotopic (exact) mass is 582 g/mol. The minimum absolute atomic E-state index is 0.123. The number of nitrogens with two attached hydrogens (primary N) is 1. The van der Waals surface area contributed by atoms with Crippen molar-refractivity contribution in [2.45, 2.75) is 43.8 Å². The first kappa shape index (κ1) is 29.1. The summed E-state index contributed by atoms with van der Waals surface area (Å²) in [5.74, 6) is 4.61. The number of thiazole rings is 1. The van der Waals surface area contributed by atoms with E-state index in [-0.39, 0.29) is 24.0 Å². The zero-order valence-electron chi connectivity index (χ0n) is 23.4. The molecule has 10 heteroatoms. The number of likely N-dealkylation sites (tertiary alicyclic amines) is 1. The summed E-state index contributed by atoms with van der Waals surface area (Å²) < 4.78 is 0.899. The molecule has 0 spiro atoms. The Morgan fingerprint density at radius 3 is 2.52 bits per heavy atom. The number of carbonyl (C=O) groups is 3. The van der Waals surface area contributed by atoms with Gasteiger partial charge in [-0.1, -0.05) is 66.7 Å². The van der Waals surface area contributed by atoms with Crippen molar-refractivity contribution in [2.75, 3.05) is 13.6 Å². The van der Waals surface area contributed by atoms with Crippen LogP contribution in [0.1, 0.15) is 39.3 Å². The highest BCUT2D eigenvalue weighted by atomic mass is 32.1. The fraction of sp³-hybridized carbons (Fsp3) is 0.281. The van der Waals surface area contributed by atoms with E-state index in [0.29, 0.717) is 30.8 Å². The fourth-order valence-electron chi connectivity index (χ4n) is 5.39. The van der Waals surface area contributed by atoms with Crippen LogP contribution in [-0.4, -0.2) is 65.4 Å². The van der Waals surface area contributed by atoms with Crippen LogP contribution in [0.15, 0.2) is 84.0 Å². The molecule has 1 aliphatic heterocycles. The maximum Gasteiger partial charge on any atom is 0.243 e. The molecule has 2 amide bonds. The van der Waals surface area contributed by atoms with Gasteiger partial charge >= 0.3 is 0 Å². The van der Waals surface area contributed by atoms with Gasteiger partial charge in [0.2, 0.25) is 17.6 Å². The SMILES string of the molecule is CN[C@H](Cc1ccccc1)C(=O)N1CCC[C@H]1C(=O)NC(Cc1cccc(C=NN)c1)C(=O)c1nc2ccccc2s1. The van der Waals surface area contributed by atoms with Crippen molar-refractivity contribution < 1.29 is 14.4 Å². The summed E-state index contributed by atoms with van der Waals surface area (Å²) in [5.41, 5.74) is 3.40. The highest BCUT2D eigenvalue weighted by Crippen LogP contribution is 2.24. The van der Waals surface area contributed by atoms with E-state index in [1.165, 1.54) is 17.6 Å². The average molecular weight is 583 g/mol. The van der Waals surface area contributed by atoms with Gasteiger partial charge in [0.05, 0.1) is 28.5 Å². The predicted molar refractivity (Wildman–Crippen MR) is 166 cm³/mol. The number of rotatable bonds is 11. The van der Waals surface area contributed by atoms with Crippen LogP contribution in [0.2, 0.25) is 0 Å². The molecule has 1 aromatic heterocycles. The van der Waals surface area contributed by atoms with E-state index in [1.807, 2.05) is 78.9 Å². The first-order valence-corrected chi connectivity index (χ1v) is 14.8. The number of benzene rings is 3. The quantitative estimate of drug-likeness (QED) is 0.108. The van der Waals surface area contributed by atoms with Crippen LogP contribution < -0.4 is 16.5 Å². The van der Waals surface area contributed by atoms with Gasteiger partial charge in [-0.15, -0.1) is 11.3 Å². The number of hydrogen-bond donors (Lipinski definition) is 3. The first-order valence-electron chi connectivity index (χ1n) is 14.0. The van der Waals surface area contributed by atoms with Crippen LogP contribution in [0.5, 0.6) is 0 Å². The van der Waals surface area contributed by atoms with Gasteiger partial charge in [-0.25, -0.2) is 4.98 Å². The third kappa shape index (κ3) is 6.72. The molecule has 3 aromatic carbocycles. The Labute approximate surface area is 248 Å². The van der Waals surface area contributed by atoms with Crippen molar-refractivity contribution in [1.82, 2.24) is 20.5 Å². The lowest BCUT2D eigenvalue weighted by Gasteiger charge is -2.29. The summed E-state index contributed by atoms with van der Waals surface area (Å²) in [4.78, 5) is 47.4. The topological polar surface area (TPSA) is 130 Å². The molecule has 1 unspecified atom stereocenters. The lowest BCUT2D eigenvalue weighted by molar-refractivity contribution is -0.140. The molecule has 2 heterocycles. The second-order valence-electron chi connectivity index (χ2n) is 10.4. The molecule has 5 rings (SSSR count). The molecule has 0 saturated carbocycles. The van der Waals surface area contributed by atoms with E-state index in [0.717, 1.165) is 26.9 Å². The molecule has 1 fully saturated rings. The van der Waals surface area contributed by atoms with Gasteiger partial charge in [-0.3, -0.25) is 14.4 Å². The molecule has 216 valence electrons. The molecule has 9 nitrogen and oxygen atoms in total. The summed E-state index contributed by atoms with van der Waals surface area (Å²) in [6.07, 6.45) is 3.54. The largest absolute Gasteiger partial charge is 0.344 e. The van der Waals surface area contributed by atoms with Crippen molar-refractivity contribution in [3.8, 4) is 0 Å². The number of hydrogen-bond acceptors (Lipinski definition) is 8. The van der Waals surface area contributed by atoms with E-state index in [9.17, 15) is 14.4 Å². The number of likely N-dealkylation sites (N-methyl/N-ethyl adjacent to an activating group) is 1. The van der Waals surface area contributed by atoms with Crippen LogP contribution in [-0.2, 0) is 22.4 Å². The standard InChI is InChI=1S/C32H34N6O3S/c1-34-26(18-21-9-3-2-4-10-21)32(41)38-16-8-14-27(38)30(40)36-25(19-22-11-7-12-23(17-22)20-35-33)29(39)31-37-24-13-5-6-15-28(24)42-31/h2-7,9-13,15,17,20,25-27,34H,8,14,16,18-19,33H2,1H3,(H,36,40)/t25?,26-,27+/m1/s1. The van der Waals surface area contributed by atoms with Crippen molar-refractivity contribution in [2.24, 2.45) is 10.9 Å². The minimum atomic E-state index is -0.870. The molecule has 0 radical (unpaired) electrons. The highest BCUT2D eigenvalue weighted by molar-refractivity contribution is 7.20. The van der Waals surface area contributed by atoms with Crippen LogP contribution >= 0.6 is 11.3 Å². The lowest BCUT2D eigenvalue weighted by Crippen LogP contribution is -2.55. The number of hydrazone groups is 1. The van der Waals surface area contributed by atoms with Gasteiger partial charge in [0.25, 0.3) is 0 Å². The maximum atomic E-state index is 13.8. The number of nitrogens with one attached hydrogen (secondary N) is 2. The molecular formula is C32H34N6O3S. The second-order valence-corrected chi connectivity index (χ2v) is 11.4. The van der Waals surface area contributed by atoms with Gasteiger partial charge in [0.15, 0.2) is 5.01 Å². The molecule has 1 saturated heterocycles. The van der Waals surface area contributed by atoms with Crippen molar-refractivity contribution in [1.29, 1.82) is 0 Å². The number of carbonyl (C=O) groups excluding carboxylic acids is 3. The highest BCUT2D eigenvalue weighted by Gasteiger charge is 2.38. The van der Waals surface area contributed by atoms with Gasteiger partial charge in [-0.2, -0.15) is 5.10 Å². The number of nitrogens with zero attached hydrogens (tertiary/aromatic N) is 3. The van der Waals surface area contributed by atoms with Crippen LogP contribution in [0.3, 0.4) is 0 Å². The normalized spacial score (nSPS) is 16.5. The summed E-state index contributed by atoms with van der Waals surface area (Å²) in [6, 6.07) is 22.9. The molecule has 0 bridgehead atoms. The zero-order chi connectivity index (χ0) is 29.5. The summed E-state index contributed by atoms with van der Waals surface area (Å²) in [6.45, 7) is 0.487. The van der Waals surface area contributed by atoms with E-state index >= 15 is 0 Å². The predicted octanol–water partition coefficient (Wildman–Crippen LogP) is 3.32. The van der Waals surface area contributed by atoms with Crippen molar-refractivity contribution >= 4 is 45.4 Å². The van der Waals surface area contributed by atoms with Crippen LogP contribution in [0.4, 0.5) is 0 Å². The van der Waals surface area contributed by atoms with Gasteiger partial charge in [0.1, 0.15) is 6.04 Å². The van der Waals surface area contributed by atoms with E-state index in [1.54, 1.807) is 11.9 Å². The molecular weight excluding hydrogens is 548 g/mol. The molecule has 4 N–H and O–H groups in total. The summed E-state index contributed by atoms with van der Waals surface area (Å²) >= 11 is 1.31. The molecule has 42 heavy (non-hydrogen) atoms. The Balaban J connectivity index is 1.37. The van der Waals surface area contributed by atoms with Gasteiger partial charge < -0.3 is 21.4 Å². The fourth-order valence-corrected chi connectivity index (χ4v) is 6.35. The Morgan fingerprint density at radius 1 is 1.02 bits per heavy atom. The summed E-state index contributed by atoms with van der Waals surface area (Å²) in [5, 5.41) is 10.0. The number of para-hydroxylation sites is 1. The third-order valence-corrected chi connectivity index (χ3v) is 8.57. The molecule has 4 aromatic rings. The molecule has 1 aliphatic rings. The Morgan fingerprint density at radius 2 is 1.76 bits per heavy atom. The molecule has 3 atom stereocenters. The Hall–Kier alpha value is -4.41. The Bertz CT molecular complexity index is 1550. The number of fused-ring (bicyclic) bond motifs is 1. The van der Waals surface area contributed by atoms with E-state index in [2.05, 4.69) is 20.7 Å².